The first-order valence-electron chi connectivity index (χ1n) is 9.07. The molecule has 13 heteroatoms. The highest BCUT2D eigenvalue weighted by atomic mass is 127. The summed E-state index contributed by atoms with van der Waals surface area (Å²) in [6.07, 6.45) is 0. The lowest BCUT2D eigenvalue weighted by Gasteiger charge is -2.23. The van der Waals surface area contributed by atoms with E-state index in [1.54, 1.807) is 17.3 Å². The van der Waals surface area contributed by atoms with E-state index in [4.69, 9.17) is 5.10 Å². The van der Waals surface area contributed by atoms with E-state index in [2.05, 4.69) is 22.6 Å². The minimum absolute atomic E-state index is 0.0509. The standard InChI is InChI=1S/C19H14IN5O2.BF4/c20-15-6-8-16(9-7-15)23-21-19(14-4-2-1-3-5-14)22-24(23)17-10-12-18(13-11-17)25(26)27;2-1(3,4)5/h1-13H,(H,21,22);/q;-1/p+1. The second-order valence-electron chi connectivity index (χ2n) is 6.36. The molecule has 0 aliphatic carbocycles. The smallest absolute Gasteiger partial charge is 0.418 e. The van der Waals surface area contributed by atoms with Gasteiger partial charge in [-0.05, 0) is 71.1 Å². The van der Waals surface area contributed by atoms with Crippen LogP contribution >= 0.6 is 22.6 Å². The van der Waals surface area contributed by atoms with Gasteiger partial charge in [-0.25, -0.2) is 0 Å². The van der Waals surface area contributed by atoms with E-state index in [-0.39, 0.29) is 5.69 Å². The molecule has 0 atom stereocenters. The fourth-order valence-corrected chi connectivity index (χ4v) is 3.11. The molecule has 4 rings (SSSR count). The van der Waals surface area contributed by atoms with Crippen LogP contribution in [-0.2, 0) is 0 Å². The summed E-state index contributed by atoms with van der Waals surface area (Å²) in [5, 5.41) is 19.3. The lowest BCUT2D eigenvalue weighted by molar-refractivity contribution is -0.545. The summed E-state index contributed by atoms with van der Waals surface area (Å²) in [5.74, 6) is 0.813. The summed E-state index contributed by atoms with van der Waals surface area (Å²) >= 11 is 2.26. The minimum atomic E-state index is -6.00. The molecule has 2 N–H and O–H groups in total. The van der Waals surface area contributed by atoms with Crippen LogP contribution in [0.15, 0.2) is 84.0 Å². The number of hydrogen-bond acceptors (Lipinski definition) is 5. The van der Waals surface area contributed by atoms with Crippen LogP contribution in [0.2, 0.25) is 0 Å². The molecule has 3 aromatic carbocycles. The van der Waals surface area contributed by atoms with Gasteiger partial charge in [0.25, 0.3) is 11.5 Å². The van der Waals surface area contributed by atoms with Crippen LogP contribution in [0.3, 0.4) is 0 Å². The number of amidine groups is 1. The van der Waals surface area contributed by atoms with Crippen molar-refractivity contribution >= 4 is 52.7 Å². The SMILES string of the molecule is F[B-](F)(F)F.O=[N+]([O-])c1ccc(N2N=C(c3ccccc3)[NH2+]N2c2ccc(I)cc2)cc1. The Morgan fingerprint density at radius 3 is 1.94 bits per heavy atom. The number of rotatable bonds is 4. The number of anilines is 2. The van der Waals surface area contributed by atoms with Crippen LogP contribution < -0.4 is 15.7 Å². The Labute approximate surface area is 193 Å². The largest absolute Gasteiger partial charge is 0.673 e. The van der Waals surface area contributed by atoms with E-state index in [9.17, 15) is 27.4 Å². The van der Waals surface area contributed by atoms with Gasteiger partial charge < -0.3 is 17.3 Å². The predicted molar refractivity (Wildman–Crippen MR) is 122 cm³/mol. The van der Waals surface area contributed by atoms with Gasteiger partial charge in [-0.2, -0.15) is 5.43 Å². The van der Waals surface area contributed by atoms with Gasteiger partial charge in [0, 0.05) is 15.7 Å². The number of nitrogens with zero attached hydrogens (tertiary/aromatic N) is 4. The molecule has 0 bridgehead atoms. The van der Waals surface area contributed by atoms with E-state index in [0.717, 1.165) is 26.3 Å². The molecular weight excluding hydrogens is 544 g/mol. The van der Waals surface area contributed by atoms with Crippen molar-refractivity contribution < 1.29 is 27.6 Å². The topological polar surface area (TPSA) is 78.6 Å². The summed E-state index contributed by atoms with van der Waals surface area (Å²) < 4.78 is 40.1. The number of benzene rings is 3. The molecule has 0 fully saturated rings. The molecule has 3 aromatic rings. The minimum Gasteiger partial charge on any atom is -0.418 e. The maximum atomic E-state index is 10.9. The quantitative estimate of drug-likeness (QED) is 0.127. The van der Waals surface area contributed by atoms with Gasteiger partial charge >= 0.3 is 7.25 Å². The summed E-state index contributed by atoms with van der Waals surface area (Å²) in [4.78, 5) is 10.5. The van der Waals surface area contributed by atoms with E-state index in [1.807, 2.05) is 65.1 Å². The molecule has 0 radical (unpaired) electrons. The van der Waals surface area contributed by atoms with Gasteiger partial charge in [-0.3, -0.25) is 10.1 Å². The highest BCUT2D eigenvalue weighted by Crippen LogP contribution is 2.25. The normalized spacial score (nSPS) is 13.3. The molecule has 0 unspecified atom stereocenters. The maximum absolute atomic E-state index is 10.9. The number of nitro groups is 1. The predicted octanol–water partition coefficient (Wildman–Crippen LogP) is 4.58. The van der Waals surface area contributed by atoms with Crippen molar-refractivity contribution in [2.24, 2.45) is 5.10 Å². The van der Waals surface area contributed by atoms with Crippen molar-refractivity contribution in [3.05, 3.63) is 98.1 Å². The fraction of sp³-hybridized carbons (Fsp3) is 0. The van der Waals surface area contributed by atoms with Crippen molar-refractivity contribution in [2.75, 3.05) is 10.2 Å². The molecule has 32 heavy (non-hydrogen) atoms. The molecule has 1 aliphatic heterocycles. The zero-order valence-corrected chi connectivity index (χ0v) is 18.3. The lowest BCUT2D eigenvalue weighted by Crippen LogP contribution is -2.96. The van der Waals surface area contributed by atoms with E-state index in [1.165, 1.54) is 12.1 Å². The molecule has 1 heterocycles. The third kappa shape index (κ3) is 6.40. The zero-order valence-electron chi connectivity index (χ0n) is 16.2. The number of hydrazine groups is 1. The van der Waals surface area contributed by atoms with Crippen molar-refractivity contribution in [1.82, 2.24) is 0 Å². The first-order chi connectivity index (χ1) is 15.1. The Kier molecular flexibility index (Phi) is 7.30. The fourth-order valence-electron chi connectivity index (χ4n) is 2.76. The molecule has 0 aromatic heterocycles. The van der Waals surface area contributed by atoms with Gasteiger partial charge in [-0.1, -0.05) is 23.3 Å². The molecule has 0 saturated carbocycles. The van der Waals surface area contributed by atoms with Gasteiger partial charge in [0.2, 0.25) is 0 Å². The van der Waals surface area contributed by atoms with Crippen LogP contribution in [0.25, 0.3) is 0 Å². The number of quaternary nitrogens is 1. The Hall–Kier alpha value is -3.20. The zero-order chi connectivity index (χ0) is 23.3. The van der Waals surface area contributed by atoms with E-state index in [0.29, 0.717) is 0 Å². The maximum Gasteiger partial charge on any atom is 0.673 e. The summed E-state index contributed by atoms with van der Waals surface area (Å²) in [5.41, 5.74) is 4.69. The molecule has 7 nitrogen and oxygen atoms in total. The van der Waals surface area contributed by atoms with Crippen LogP contribution in [0.4, 0.5) is 34.3 Å². The number of nitrogens with two attached hydrogens (primary N) is 1. The van der Waals surface area contributed by atoms with Crippen molar-refractivity contribution in [3.8, 4) is 0 Å². The molecule has 166 valence electrons. The third-order valence-corrected chi connectivity index (χ3v) is 4.82. The van der Waals surface area contributed by atoms with Crippen molar-refractivity contribution in [2.45, 2.75) is 0 Å². The number of non-ortho nitro benzene ring substituents is 1. The number of halogens is 5. The second-order valence-corrected chi connectivity index (χ2v) is 7.60. The Bertz CT molecular complexity index is 1090. The Morgan fingerprint density at radius 2 is 1.41 bits per heavy atom. The highest BCUT2D eigenvalue weighted by Gasteiger charge is 2.31. The Morgan fingerprint density at radius 1 is 0.875 bits per heavy atom. The first-order valence-corrected chi connectivity index (χ1v) is 10.2. The monoisotopic (exact) mass is 559 g/mol. The lowest BCUT2D eigenvalue weighted by atomic mass is 10.2. The summed E-state index contributed by atoms with van der Waals surface area (Å²) in [7, 11) is -6.00. The number of nitro benzene ring substituents is 1. The molecule has 0 saturated heterocycles. The van der Waals surface area contributed by atoms with Crippen LogP contribution in [0, 0.1) is 13.7 Å². The van der Waals surface area contributed by atoms with Crippen LogP contribution in [0.5, 0.6) is 0 Å². The van der Waals surface area contributed by atoms with Crippen LogP contribution in [0.1, 0.15) is 5.56 Å². The Balaban J connectivity index is 0.000000523. The first kappa shape index (κ1) is 23.5. The van der Waals surface area contributed by atoms with Gasteiger partial charge in [0.15, 0.2) is 0 Å². The second kappa shape index (κ2) is 9.95. The van der Waals surface area contributed by atoms with E-state index < -0.39 is 12.2 Å². The molecular formula is C19H15BF4IN5O2. The average molecular weight is 559 g/mol. The average Bonchev–Trinajstić information content (AvgIpc) is 3.19. The molecule has 1 aliphatic rings. The third-order valence-electron chi connectivity index (χ3n) is 4.10. The van der Waals surface area contributed by atoms with Gasteiger partial charge in [0.05, 0.1) is 16.2 Å². The van der Waals surface area contributed by atoms with Gasteiger partial charge in [0.1, 0.15) is 5.69 Å². The van der Waals surface area contributed by atoms with Gasteiger partial charge in [-0.15, -0.1) is 10.2 Å². The van der Waals surface area contributed by atoms with Crippen molar-refractivity contribution in [3.63, 3.8) is 0 Å². The summed E-state index contributed by atoms with van der Waals surface area (Å²) in [6.45, 7) is 0. The van der Waals surface area contributed by atoms with Crippen LogP contribution in [-0.4, -0.2) is 18.0 Å². The number of hydrazone groups is 1. The van der Waals surface area contributed by atoms with Crippen molar-refractivity contribution in [1.29, 1.82) is 0 Å². The number of hydrogen-bond donors (Lipinski definition) is 1. The summed E-state index contributed by atoms with van der Waals surface area (Å²) in [6, 6.07) is 24.3. The highest BCUT2D eigenvalue weighted by molar-refractivity contribution is 14.1. The molecule has 0 amide bonds. The van der Waals surface area contributed by atoms with E-state index >= 15 is 0 Å². The molecule has 0 spiro atoms.